The Morgan fingerprint density at radius 2 is 1.92 bits per heavy atom. The maximum atomic E-state index is 3.67. The maximum Gasteiger partial charge on any atom is 0.109 e. The Bertz CT molecular complexity index is 599. The molecule has 0 bridgehead atoms. The van der Waals surface area contributed by atoms with E-state index in [1.54, 1.807) is 13.3 Å². The molecule has 0 aliphatic carbocycles. The minimum atomic E-state index is 1.10. The molecule has 1 heterocycles. The van der Waals surface area contributed by atoms with Gasteiger partial charge in [-0.05, 0) is 57.1 Å². The monoisotopic (exact) mass is 330 g/mol. The van der Waals surface area contributed by atoms with Crippen LogP contribution in [0, 0.1) is 0 Å². The van der Waals surface area contributed by atoms with Crippen molar-refractivity contribution in [3.8, 4) is 0 Å². The number of hydrogen-bond acceptors (Lipinski definition) is 2. The molecule has 0 atom stereocenters. The summed E-state index contributed by atoms with van der Waals surface area (Å²) in [7, 11) is 5.92. The maximum absolute atomic E-state index is 3.67. The molecule has 0 saturated heterocycles. The summed E-state index contributed by atoms with van der Waals surface area (Å²) in [6.07, 6.45) is 7.55. The summed E-state index contributed by atoms with van der Waals surface area (Å²) >= 11 is 0. The third kappa shape index (κ3) is 8.06. The van der Waals surface area contributed by atoms with E-state index in [1.807, 2.05) is 20.8 Å². The first-order valence-electron chi connectivity index (χ1n) is 8.74. The van der Waals surface area contributed by atoms with E-state index in [0.29, 0.717) is 0 Å². The molecule has 0 spiro atoms. The average Bonchev–Trinajstić information content (AvgIpc) is 3.02. The van der Waals surface area contributed by atoms with Crippen molar-refractivity contribution in [1.82, 2.24) is 9.88 Å². The van der Waals surface area contributed by atoms with Gasteiger partial charge in [-0.1, -0.05) is 26.8 Å². The minimum Gasteiger partial charge on any atom is -0.361 e. The van der Waals surface area contributed by atoms with Gasteiger partial charge in [0.25, 0.3) is 0 Å². The molecule has 0 aliphatic rings. The van der Waals surface area contributed by atoms with Crippen molar-refractivity contribution in [1.29, 1.82) is 0 Å². The molecule has 24 heavy (non-hydrogen) atoms. The summed E-state index contributed by atoms with van der Waals surface area (Å²) < 4.78 is 0. The average molecular weight is 331 g/mol. The number of nitrogens with zero attached hydrogens (tertiary/aromatic N) is 3. The van der Waals surface area contributed by atoms with Crippen LogP contribution in [-0.4, -0.2) is 50.1 Å². The number of H-pyrrole nitrogens is 1. The topological polar surface area (TPSA) is 43.8 Å². The van der Waals surface area contributed by atoms with Crippen LogP contribution < -0.4 is 0 Å². The summed E-state index contributed by atoms with van der Waals surface area (Å²) in [6, 6.07) is 6.71. The molecule has 0 aliphatic heterocycles. The lowest BCUT2D eigenvalue weighted by molar-refractivity contribution is 0.414. The second-order valence-corrected chi connectivity index (χ2v) is 5.38. The first-order chi connectivity index (χ1) is 11.6. The zero-order valence-electron chi connectivity index (χ0n) is 16.4. The molecule has 1 N–H and O–H groups in total. The van der Waals surface area contributed by atoms with Gasteiger partial charge < -0.3 is 9.88 Å². The first kappa shape index (κ1) is 22.1. The van der Waals surface area contributed by atoms with Crippen molar-refractivity contribution < 1.29 is 0 Å². The SMILES string of the molecule is CC.CC=NC=NC.CCc1ccc2[nH]cc(CCN(C)C)c2c1. The van der Waals surface area contributed by atoms with Gasteiger partial charge in [-0.2, -0.15) is 0 Å². The van der Waals surface area contributed by atoms with E-state index in [1.165, 1.54) is 28.4 Å². The van der Waals surface area contributed by atoms with Crippen LogP contribution in [0.25, 0.3) is 10.9 Å². The number of aromatic nitrogens is 1. The molecule has 1 aromatic carbocycles. The highest BCUT2D eigenvalue weighted by Crippen LogP contribution is 2.20. The Morgan fingerprint density at radius 3 is 2.42 bits per heavy atom. The predicted molar refractivity (Wildman–Crippen MR) is 110 cm³/mol. The molecule has 4 nitrogen and oxygen atoms in total. The van der Waals surface area contributed by atoms with E-state index in [0.717, 1.165) is 19.4 Å². The molecule has 2 rings (SSSR count). The van der Waals surface area contributed by atoms with Gasteiger partial charge in [-0.3, -0.25) is 9.98 Å². The highest BCUT2D eigenvalue weighted by molar-refractivity contribution is 5.83. The third-order valence-corrected chi connectivity index (χ3v) is 3.40. The van der Waals surface area contributed by atoms with Crippen LogP contribution in [0.3, 0.4) is 0 Å². The van der Waals surface area contributed by atoms with Crippen LogP contribution in [0.1, 0.15) is 38.8 Å². The van der Waals surface area contributed by atoms with Crippen LogP contribution >= 0.6 is 0 Å². The van der Waals surface area contributed by atoms with E-state index in [-0.39, 0.29) is 0 Å². The van der Waals surface area contributed by atoms with Gasteiger partial charge in [0.2, 0.25) is 0 Å². The lowest BCUT2D eigenvalue weighted by atomic mass is 10.1. The molecule has 0 radical (unpaired) electrons. The Hall–Kier alpha value is -1.94. The minimum absolute atomic E-state index is 1.10. The van der Waals surface area contributed by atoms with Gasteiger partial charge in [0.1, 0.15) is 6.34 Å². The summed E-state index contributed by atoms with van der Waals surface area (Å²) in [5.74, 6) is 0. The van der Waals surface area contributed by atoms with Crippen molar-refractivity contribution >= 4 is 23.5 Å². The first-order valence-corrected chi connectivity index (χ1v) is 8.74. The quantitative estimate of drug-likeness (QED) is 0.632. The largest absolute Gasteiger partial charge is 0.361 e. The predicted octanol–water partition coefficient (Wildman–Crippen LogP) is 4.60. The number of hydrogen-bond donors (Lipinski definition) is 1. The lowest BCUT2D eigenvalue weighted by Gasteiger charge is -2.08. The van der Waals surface area contributed by atoms with Crippen molar-refractivity contribution in [3.63, 3.8) is 0 Å². The summed E-state index contributed by atoms with van der Waals surface area (Å²) in [6.45, 7) is 9.15. The second-order valence-electron chi connectivity index (χ2n) is 5.38. The summed E-state index contributed by atoms with van der Waals surface area (Å²) in [4.78, 5) is 12.8. The lowest BCUT2D eigenvalue weighted by Crippen LogP contribution is -2.14. The second kappa shape index (κ2) is 13.5. The molecule has 0 saturated carbocycles. The number of aliphatic imine (C=N–C) groups is 2. The number of aryl methyl sites for hydroxylation is 1. The van der Waals surface area contributed by atoms with Crippen molar-refractivity contribution in [2.24, 2.45) is 9.98 Å². The third-order valence-electron chi connectivity index (χ3n) is 3.40. The number of benzene rings is 1. The van der Waals surface area contributed by atoms with Gasteiger partial charge in [0, 0.05) is 36.9 Å². The smallest absolute Gasteiger partial charge is 0.109 e. The van der Waals surface area contributed by atoms with E-state index < -0.39 is 0 Å². The molecule has 134 valence electrons. The van der Waals surface area contributed by atoms with Crippen LogP contribution in [0.2, 0.25) is 0 Å². The van der Waals surface area contributed by atoms with Gasteiger partial charge >= 0.3 is 0 Å². The molecular formula is C20H34N4. The molecule has 0 amide bonds. The van der Waals surface area contributed by atoms with Gasteiger partial charge in [0.15, 0.2) is 0 Å². The Kier molecular flexibility index (Phi) is 12.4. The number of fused-ring (bicyclic) bond motifs is 1. The summed E-state index contributed by atoms with van der Waals surface area (Å²) in [5, 5.41) is 1.39. The molecule has 2 aromatic rings. The Labute approximate surface area is 147 Å². The van der Waals surface area contributed by atoms with E-state index in [4.69, 9.17) is 0 Å². The van der Waals surface area contributed by atoms with Crippen LogP contribution in [0.5, 0.6) is 0 Å². The number of rotatable bonds is 5. The van der Waals surface area contributed by atoms with Gasteiger partial charge in [-0.15, -0.1) is 0 Å². The molecular weight excluding hydrogens is 296 g/mol. The standard InChI is InChI=1S/C14H20N2.C4H8N2.C2H6/c1-4-11-5-6-14-13(9-11)12(10-15-14)7-8-16(2)3;1-3-6-4-5-2;1-2/h5-6,9-10,15H,4,7-8H2,1-3H3;3-4H,1-2H3;1-2H3. The van der Waals surface area contributed by atoms with Gasteiger partial charge in [0.05, 0.1) is 0 Å². The van der Waals surface area contributed by atoms with Crippen LogP contribution in [-0.2, 0) is 12.8 Å². The van der Waals surface area contributed by atoms with Crippen molar-refractivity contribution in [2.75, 3.05) is 27.7 Å². The van der Waals surface area contributed by atoms with Gasteiger partial charge in [-0.25, -0.2) is 0 Å². The van der Waals surface area contributed by atoms with E-state index in [9.17, 15) is 0 Å². The molecule has 4 heteroatoms. The number of nitrogens with one attached hydrogen (secondary N) is 1. The zero-order valence-corrected chi connectivity index (χ0v) is 16.4. The molecule has 1 aromatic heterocycles. The van der Waals surface area contributed by atoms with Crippen molar-refractivity contribution in [3.05, 3.63) is 35.5 Å². The molecule has 0 unspecified atom stereocenters. The zero-order chi connectivity index (χ0) is 18.4. The van der Waals surface area contributed by atoms with E-state index >= 15 is 0 Å². The Balaban J connectivity index is 0.000000563. The number of aromatic amines is 1. The van der Waals surface area contributed by atoms with Crippen LogP contribution in [0.15, 0.2) is 34.4 Å². The molecule has 0 fully saturated rings. The fourth-order valence-corrected chi connectivity index (χ4v) is 2.13. The fourth-order valence-electron chi connectivity index (χ4n) is 2.13. The number of likely N-dealkylation sites (N-methyl/N-ethyl adjacent to an activating group) is 1. The highest BCUT2D eigenvalue weighted by atomic mass is 15.0. The Morgan fingerprint density at radius 1 is 1.21 bits per heavy atom. The normalized spacial score (nSPS) is 10.8. The van der Waals surface area contributed by atoms with E-state index in [2.05, 4.69) is 65.3 Å². The van der Waals surface area contributed by atoms with Crippen molar-refractivity contribution in [2.45, 2.75) is 40.5 Å². The summed E-state index contributed by atoms with van der Waals surface area (Å²) in [5.41, 5.74) is 4.10. The van der Waals surface area contributed by atoms with Crippen LogP contribution in [0.4, 0.5) is 0 Å². The fraction of sp³-hybridized carbons (Fsp3) is 0.500. The highest BCUT2D eigenvalue weighted by Gasteiger charge is 2.04.